The number of carbonyl (C=O) groups is 2. The summed E-state index contributed by atoms with van der Waals surface area (Å²) < 4.78 is 28.6. The second-order valence-corrected chi connectivity index (χ2v) is 11.4. The highest BCUT2D eigenvalue weighted by Gasteiger charge is 2.49. The van der Waals surface area contributed by atoms with E-state index in [1.165, 1.54) is 21.4 Å². The molecule has 4 rings (SSSR count). The number of nitrogens with two attached hydrogens (primary N) is 1. The Hall–Kier alpha value is -3.58. The molecule has 4 N–H and O–H groups in total. The molecular weight excluding hydrogens is 550 g/mol. The molecule has 16 heteroatoms. The van der Waals surface area contributed by atoms with Crippen LogP contribution >= 0.6 is 12.4 Å². The first-order valence-electron chi connectivity index (χ1n) is 12.1. The molecule has 0 aliphatic carbocycles. The number of nitrogens with one attached hydrogen (secondary N) is 1. The van der Waals surface area contributed by atoms with Gasteiger partial charge in [-0.25, -0.2) is 28.0 Å². The monoisotopic (exact) mass is 579 g/mol. The summed E-state index contributed by atoms with van der Waals surface area (Å²) in [5.41, 5.74) is 6.04. The molecule has 1 atom stereocenters. The van der Waals surface area contributed by atoms with Crippen LogP contribution in [0.25, 0.3) is 22.3 Å². The maximum Gasteiger partial charge on any atom is 0.327 e. The molecule has 1 aliphatic heterocycles. The van der Waals surface area contributed by atoms with Crippen LogP contribution in [-0.4, -0.2) is 85.6 Å². The van der Waals surface area contributed by atoms with E-state index in [0.29, 0.717) is 36.0 Å². The molecule has 39 heavy (non-hydrogen) atoms. The number of carbonyl (C=O) groups excluding carboxylic acids is 1. The summed E-state index contributed by atoms with van der Waals surface area (Å²) in [5, 5.41) is 26.4. The summed E-state index contributed by atoms with van der Waals surface area (Å²) in [6.07, 6.45) is 7.58. The molecule has 0 saturated carbocycles. The summed E-state index contributed by atoms with van der Waals surface area (Å²) >= 11 is 0. The molecule has 0 radical (unpaired) electrons. The summed E-state index contributed by atoms with van der Waals surface area (Å²) in [4.78, 5) is 33.1. The molecule has 1 amide bonds. The average molecular weight is 580 g/mol. The zero-order valence-electron chi connectivity index (χ0n) is 21.2. The number of sulfonamides is 1. The number of carboxylic acid groups (broad SMARTS) is 1. The number of amides is 1. The molecule has 4 heterocycles. The SMILES string of the molecule is CCS(=O)(=O)N1CC(CC#N)(n2cc(-c3ncnc4c3ccn4C(=O)NC(CCCCN)C(=O)O)cn2)C1.Cl. The van der Waals surface area contributed by atoms with Crippen molar-refractivity contribution in [1.82, 2.24) is 33.9 Å². The van der Waals surface area contributed by atoms with Crippen LogP contribution in [0.3, 0.4) is 0 Å². The van der Waals surface area contributed by atoms with Crippen LogP contribution in [0.5, 0.6) is 0 Å². The first-order valence-corrected chi connectivity index (χ1v) is 13.7. The molecule has 0 aromatic carbocycles. The van der Waals surface area contributed by atoms with E-state index < -0.39 is 33.6 Å². The van der Waals surface area contributed by atoms with Gasteiger partial charge in [0, 0.05) is 36.4 Å². The summed E-state index contributed by atoms with van der Waals surface area (Å²) in [6, 6.07) is 2.07. The van der Waals surface area contributed by atoms with Gasteiger partial charge in [-0.2, -0.15) is 14.7 Å². The van der Waals surface area contributed by atoms with Crippen molar-refractivity contribution in [1.29, 1.82) is 5.26 Å². The Bertz CT molecular complexity index is 1490. The molecular formula is C23H30ClN9O5S. The third-order valence-electron chi connectivity index (χ3n) is 6.69. The number of aliphatic carboxylic acids is 1. The van der Waals surface area contributed by atoms with E-state index in [9.17, 15) is 28.4 Å². The smallest absolute Gasteiger partial charge is 0.327 e. The lowest BCUT2D eigenvalue weighted by molar-refractivity contribution is -0.139. The Morgan fingerprint density at radius 1 is 1.31 bits per heavy atom. The predicted molar refractivity (Wildman–Crippen MR) is 143 cm³/mol. The number of hydrogen-bond acceptors (Lipinski definition) is 9. The number of fused-ring (bicyclic) bond motifs is 1. The molecule has 1 saturated heterocycles. The second-order valence-electron chi connectivity index (χ2n) is 9.17. The Balaban J connectivity index is 0.00000420. The third kappa shape index (κ3) is 5.88. The lowest BCUT2D eigenvalue weighted by atomic mass is 9.89. The van der Waals surface area contributed by atoms with Crippen LogP contribution in [0.15, 0.2) is 31.0 Å². The summed E-state index contributed by atoms with van der Waals surface area (Å²) in [7, 11) is -3.38. The Kier molecular flexibility index (Phi) is 9.28. The molecule has 14 nitrogen and oxygen atoms in total. The highest BCUT2D eigenvalue weighted by atomic mass is 35.5. The van der Waals surface area contributed by atoms with E-state index in [1.807, 2.05) is 0 Å². The van der Waals surface area contributed by atoms with Gasteiger partial charge < -0.3 is 16.2 Å². The van der Waals surface area contributed by atoms with Gasteiger partial charge in [0.05, 0.1) is 30.1 Å². The van der Waals surface area contributed by atoms with Gasteiger partial charge in [0.25, 0.3) is 0 Å². The Morgan fingerprint density at radius 2 is 2.05 bits per heavy atom. The van der Waals surface area contributed by atoms with Crippen LogP contribution in [0.4, 0.5) is 4.79 Å². The molecule has 0 spiro atoms. The van der Waals surface area contributed by atoms with E-state index in [1.54, 1.807) is 30.1 Å². The fourth-order valence-corrected chi connectivity index (χ4v) is 5.73. The zero-order chi connectivity index (χ0) is 27.5. The van der Waals surface area contributed by atoms with Crippen molar-refractivity contribution in [2.24, 2.45) is 5.73 Å². The molecule has 1 unspecified atom stereocenters. The van der Waals surface area contributed by atoms with E-state index in [0.717, 1.165) is 0 Å². The minimum Gasteiger partial charge on any atom is -0.480 e. The normalized spacial score (nSPS) is 15.6. The predicted octanol–water partition coefficient (Wildman–Crippen LogP) is 1.13. The highest BCUT2D eigenvalue weighted by molar-refractivity contribution is 7.89. The van der Waals surface area contributed by atoms with Gasteiger partial charge >= 0.3 is 12.0 Å². The van der Waals surface area contributed by atoms with Crippen LogP contribution < -0.4 is 11.1 Å². The topological polar surface area (TPSA) is 202 Å². The Labute approximate surface area is 231 Å². The number of halogens is 1. The van der Waals surface area contributed by atoms with E-state index in [4.69, 9.17) is 5.73 Å². The van der Waals surface area contributed by atoms with Gasteiger partial charge in [-0.15, -0.1) is 12.4 Å². The fourth-order valence-electron chi connectivity index (χ4n) is 4.49. The highest BCUT2D eigenvalue weighted by Crippen LogP contribution is 2.36. The van der Waals surface area contributed by atoms with Crippen molar-refractivity contribution in [2.45, 2.75) is 44.2 Å². The van der Waals surface area contributed by atoms with Crippen molar-refractivity contribution < 1.29 is 23.1 Å². The van der Waals surface area contributed by atoms with E-state index in [-0.39, 0.29) is 49.7 Å². The first-order chi connectivity index (χ1) is 18.2. The molecule has 3 aromatic rings. The van der Waals surface area contributed by atoms with Gasteiger partial charge in [0.1, 0.15) is 17.9 Å². The van der Waals surface area contributed by atoms with Gasteiger partial charge in [0.15, 0.2) is 5.65 Å². The number of nitriles is 1. The average Bonchev–Trinajstić information content (AvgIpc) is 3.53. The number of aromatic nitrogens is 5. The van der Waals surface area contributed by atoms with Crippen LogP contribution in [0.1, 0.15) is 32.6 Å². The lowest BCUT2D eigenvalue weighted by Crippen LogP contribution is -2.64. The number of hydrogen-bond donors (Lipinski definition) is 3. The number of unbranched alkanes of at least 4 members (excludes halogenated alkanes) is 1. The fraction of sp³-hybridized carbons (Fsp3) is 0.478. The minimum atomic E-state index is -3.38. The zero-order valence-corrected chi connectivity index (χ0v) is 22.9. The van der Waals surface area contributed by atoms with Gasteiger partial charge in [-0.3, -0.25) is 9.25 Å². The molecule has 210 valence electrons. The summed E-state index contributed by atoms with van der Waals surface area (Å²) in [6.45, 7) is 2.29. The minimum absolute atomic E-state index is 0. The quantitative estimate of drug-likeness (QED) is 0.276. The van der Waals surface area contributed by atoms with Crippen molar-refractivity contribution >= 4 is 45.5 Å². The van der Waals surface area contributed by atoms with Crippen LogP contribution in [-0.2, 0) is 20.4 Å². The van der Waals surface area contributed by atoms with Crippen molar-refractivity contribution in [3.8, 4) is 17.3 Å². The number of carboxylic acids is 1. The second kappa shape index (κ2) is 12.1. The maximum atomic E-state index is 12.9. The van der Waals surface area contributed by atoms with Gasteiger partial charge in [-0.1, -0.05) is 0 Å². The largest absolute Gasteiger partial charge is 0.480 e. The molecule has 3 aromatic heterocycles. The third-order valence-corrected chi connectivity index (χ3v) is 8.47. The molecule has 1 fully saturated rings. The first kappa shape index (κ1) is 30.0. The standard InChI is InChI=1S/C23H29N9O5S.ClH/c1-2-38(36,37)30-13-23(14-30,7-9-25)32-12-16(11-28-32)19-17-6-10-31(20(17)27-15-26-19)22(35)29-18(21(33)34)5-3-4-8-24;/h6,10-12,15,18H,2-5,7-8,13-14,24H2,1H3,(H,29,35)(H,33,34);1H. The van der Waals surface area contributed by atoms with E-state index >= 15 is 0 Å². The molecule has 1 aliphatic rings. The van der Waals surface area contributed by atoms with Crippen molar-refractivity contribution in [3.05, 3.63) is 31.0 Å². The van der Waals surface area contributed by atoms with Crippen molar-refractivity contribution in [2.75, 3.05) is 25.4 Å². The lowest BCUT2D eigenvalue weighted by Gasteiger charge is -2.47. The van der Waals surface area contributed by atoms with Crippen molar-refractivity contribution in [3.63, 3.8) is 0 Å². The number of nitrogens with zero attached hydrogens (tertiary/aromatic N) is 7. The van der Waals surface area contributed by atoms with Crippen LogP contribution in [0.2, 0.25) is 0 Å². The van der Waals surface area contributed by atoms with Gasteiger partial charge in [-0.05, 0) is 38.8 Å². The maximum absolute atomic E-state index is 12.9. The van der Waals surface area contributed by atoms with Gasteiger partial charge in [0.2, 0.25) is 10.0 Å². The Morgan fingerprint density at radius 3 is 2.69 bits per heavy atom. The molecule has 0 bridgehead atoms. The summed E-state index contributed by atoms with van der Waals surface area (Å²) in [5.74, 6) is -1.16. The van der Waals surface area contributed by atoms with E-state index in [2.05, 4.69) is 26.5 Å². The number of rotatable bonds is 11. The van der Waals surface area contributed by atoms with Crippen LogP contribution in [0, 0.1) is 11.3 Å².